The van der Waals surface area contributed by atoms with Crippen LogP contribution in [0.5, 0.6) is 0 Å². The number of rotatable bonds is 9. The number of aliphatic hydroxyl groups excluding tert-OH is 1. The third-order valence-corrected chi connectivity index (χ3v) is 2.84. The summed E-state index contributed by atoms with van der Waals surface area (Å²) in [4.78, 5) is 0. The molecular weight excluding hydrogens is 244 g/mol. The molecule has 0 spiro atoms. The Labute approximate surface area is 115 Å². The van der Waals surface area contributed by atoms with Crippen LogP contribution in [0, 0.1) is 5.92 Å². The maximum atomic E-state index is 9.80. The van der Waals surface area contributed by atoms with Crippen LogP contribution in [0.3, 0.4) is 0 Å². The molecule has 2 N–H and O–H groups in total. The zero-order valence-corrected chi connectivity index (χ0v) is 12.3. The molecule has 19 heavy (non-hydrogen) atoms. The third kappa shape index (κ3) is 6.66. The molecular formula is C13H26N4O2. The van der Waals surface area contributed by atoms with Crippen LogP contribution >= 0.6 is 0 Å². The van der Waals surface area contributed by atoms with Gasteiger partial charge in [-0.25, -0.2) is 0 Å². The smallest absolute Gasteiger partial charge is 0.146 e. The Bertz CT molecular complexity index is 354. The van der Waals surface area contributed by atoms with Crippen molar-refractivity contribution in [3.05, 3.63) is 12.2 Å². The van der Waals surface area contributed by atoms with Crippen molar-refractivity contribution in [3.63, 3.8) is 0 Å². The van der Waals surface area contributed by atoms with Crippen LogP contribution in [0.15, 0.2) is 6.33 Å². The lowest BCUT2D eigenvalue weighted by Gasteiger charge is -2.18. The summed E-state index contributed by atoms with van der Waals surface area (Å²) in [5.41, 5.74) is 0. The molecule has 0 amide bonds. The van der Waals surface area contributed by atoms with Gasteiger partial charge in [-0.05, 0) is 19.3 Å². The summed E-state index contributed by atoms with van der Waals surface area (Å²) < 4.78 is 7.45. The Morgan fingerprint density at radius 1 is 1.42 bits per heavy atom. The summed E-state index contributed by atoms with van der Waals surface area (Å²) >= 11 is 0. The number of aromatic nitrogens is 3. The van der Waals surface area contributed by atoms with Crippen LogP contribution in [0.1, 0.15) is 33.0 Å². The Hall–Kier alpha value is -0.980. The average molecular weight is 270 g/mol. The van der Waals surface area contributed by atoms with Gasteiger partial charge in [-0.2, -0.15) is 0 Å². The fourth-order valence-electron chi connectivity index (χ4n) is 1.88. The summed E-state index contributed by atoms with van der Waals surface area (Å²) in [5.74, 6) is 1.46. The van der Waals surface area contributed by atoms with E-state index < -0.39 is 6.10 Å². The molecule has 2 unspecified atom stereocenters. The van der Waals surface area contributed by atoms with Gasteiger partial charge in [0.05, 0.1) is 25.4 Å². The maximum absolute atomic E-state index is 9.80. The van der Waals surface area contributed by atoms with Gasteiger partial charge < -0.3 is 19.7 Å². The minimum Gasteiger partial charge on any atom is -0.389 e. The minimum atomic E-state index is -0.497. The molecule has 110 valence electrons. The van der Waals surface area contributed by atoms with Gasteiger partial charge in [0.15, 0.2) is 0 Å². The Balaban J connectivity index is 2.11. The van der Waals surface area contributed by atoms with Crippen LogP contribution < -0.4 is 5.32 Å². The van der Waals surface area contributed by atoms with Gasteiger partial charge in [-0.1, -0.05) is 13.8 Å². The number of hydrogen-bond donors (Lipinski definition) is 2. The first-order valence-electron chi connectivity index (χ1n) is 6.82. The van der Waals surface area contributed by atoms with Crippen molar-refractivity contribution < 1.29 is 9.84 Å². The third-order valence-electron chi connectivity index (χ3n) is 2.84. The van der Waals surface area contributed by atoms with E-state index >= 15 is 0 Å². The number of aliphatic hydroxyl groups is 1. The SMILES string of the molecule is CC(C)CC(C)OCC(O)CNCc1nncn1C. The Kier molecular flexibility index (Phi) is 6.97. The van der Waals surface area contributed by atoms with Gasteiger partial charge in [-0.15, -0.1) is 10.2 Å². The predicted octanol–water partition coefficient (Wildman–Crippen LogP) is 0.717. The molecule has 6 heteroatoms. The average Bonchev–Trinajstić information content (AvgIpc) is 2.72. The van der Waals surface area contributed by atoms with Gasteiger partial charge in [0.25, 0.3) is 0 Å². The molecule has 0 fully saturated rings. The lowest BCUT2D eigenvalue weighted by Crippen LogP contribution is -2.32. The van der Waals surface area contributed by atoms with Crippen LogP contribution in [-0.2, 0) is 18.3 Å². The number of nitrogens with zero attached hydrogens (tertiary/aromatic N) is 3. The van der Waals surface area contributed by atoms with Crippen molar-refractivity contribution >= 4 is 0 Å². The van der Waals surface area contributed by atoms with Gasteiger partial charge in [-0.3, -0.25) is 0 Å². The van der Waals surface area contributed by atoms with E-state index in [1.165, 1.54) is 0 Å². The number of ether oxygens (including phenoxy) is 1. The highest BCUT2D eigenvalue weighted by molar-refractivity contribution is 4.83. The molecule has 0 bridgehead atoms. The van der Waals surface area contributed by atoms with Crippen LogP contribution in [0.25, 0.3) is 0 Å². The van der Waals surface area contributed by atoms with Crippen LogP contribution in [0.4, 0.5) is 0 Å². The zero-order valence-electron chi connectivity index (χ0n) is 12.3. The highest BCUT2D eigenvalue weighted by Gasteiger charge is 2.10. The zero-order chi connectivity index (χ0) is 14.3. The van der Waals surface area contributed by atoms with Gasteiger partial charge in [0.1, 0.15) is 12.2 Å². The molecule has 0 aliphatic heterocycles. The second-order valence-corrected chi connectivity index (χ2v) is 5.42. The van der Waals surface area contributed by atoms with Crippen LogP contribution in [0.2, 0.25) is 0 Å². The lowest BCUT2D eigenvalue weighted by molar-refractivity contribution is -0.00863. The van der Waals surface area contributed by atoms with Crippen molar-refractivity contribution in [3.8, 4) is 0 Å². The molecule has 1 rings (SSSR count). The largest absolute Gasteiger partial charge is 0.389 e. The van der Waals surface area contributed by atoms with Gasteiger partial charge in [0.2, 0.25) is 0 Å². The number of hydrogen-bond acceptors (Lipinski definition) is 5. The molecule has 1 heterocycles. The standard InChI is InChI=1S/C13H26N4O2/c1-10(2)5-11(3)19-8-12(18)6-14-7-13-16-15-9-17(13)4/h9-12,14,18H,5-8H2,1-4H3. The lowest BCUT2D eigenvalue weighted by atomic mass is 10.1. The highest BCUT2D eigenvalue weighted by Crippen LogP contribution is 2.07. The molecule has 0 aromatic carbocycles. The summed E-state index contributed by atoms with van der Waals surface area (Å²) in [7, 11) is 1.89. The van der Waals surface area contributed by atoms with E-state index in [2.05, 4.69) is 29.4 Å². The van der Waals surface area contributed by atoms with Crippen molar-refractivity contribution in [2.24, 2.45) is 13.0 Å². The van der Waals surface area contributed by atoms with E-state index in [-0.39, 0.29) is 6.10 Å². The van der Waals surface area contributed by atoms with Gasteiger partial charge in [0, 0.05) is 13.6 Å². The van der Waals surface area contributed by atoms with E-state index in [0.717, 1.165) is 12.2 Å². The first kappa shape index (κ1) is 16.1. The number of nitrogens with one attached hydrogen (secondary N) is 1. The van der Waals surface area contributed by atoms with E-state index in [1.807, 2.05) is 18.5 Å². The van der Waals surface area contributed by atoms with Crippen LogP contribution in [-0.4, -0.2) is 45.2 Å². The summed E-state index contributed by atoms with van der Waals surface area (Å²) in [6, 6.07) is 0. The fraction of sp³-hybridized carbons (Fsp3) is 0.846. The topological polar surface area (TPSA) is 72.2 Å². The van der Waals surface area contributed by atoms with E-state index in [0.29, 0.717) is 25.6 Å². The van der Waals surface area contributed by atoms with Crippen molar-refractivity contribution in [1.82, 2.24) is 20.1 Å². The molecule has 0 radical (unpaired) electrons. The predicted molar refractivity (Wildman–Crippen MR) is 73.6 cm³/mol. The maximum Gasteiger partial charge on any atom is 0.146 e. The second kappa shape index (κ2) is 8.24. The molecule has 0 aliphatic carbocycles. The summed E-state index contributed by atoms with van der Waals surface area (Å²) in [6.45, 7) is 7.81. The van der Waals surface area contributed by atoms with Gasteiger partial charge >= 0.3 is 0 Å². The van der Waals surface area contributed by atoms with Crippen molar-refractivity contribution in [1.29, 1.82) is 0 Å². The van der Waals surface area contributed by atoms with E-state index in [9.17, 15) is 5.11 Å². The minimum absolute atomic E-state index is 0.188. The molecule has 0 saturated carbocycles. The normalized spacial score (nSPS) is 14.8. The van der Waals surface area contributed by atoms with E-state index in [4.69, 9.17) is 4.74 Å². The first-order chi connectivity index (χ1) is 8.99. The summed E-state index contributed by atoms with van der Waals surface area (Å²) in [5, 5.41) is 20.7. The number of aryl methyl sites for hydroxylation is 1. The highest BCUT2D eigenvalue weighted by atomic mass is 16.5. The van der Waals surface area contributed by atoms with Crippen molar-refractivity contribution in [2.45, 2.75) is 45.9 Å². The monoisotopic (exact) mass is 270 g/mol. The Morgan fingerprint density at radius 2 is 2.16 bits per heavy atom. The van der Waals surface area contributed by atoms with E-state index in [1.54, 1.807) is 6.33 Å². The Morgan fingerprint density at radius 3 is 2.74 bits per heavy atom. The second-order valence-electron chi connectivity index (χ2n) is 5.42. The van der Waals surface area contributed by atoms with Crippen molar-refractivity contribution in [2.75, 3.05) is 13.2 Å². The molecule has 2 atom stereocenters. The molecule has 0 aliphatic rings. The fourth-order valence-corrected chi connectivity index (χ4v) is 1.88. The quantitative estimate of drug-likeness (QED) is 0.691. The molecule has 0 saturated heterocycles. The first-order valence-corrected chi connectivity index (χ1v) is 6.82. The molecule has 6 nitrogen and oxygen atoms in total. The molecule has 1 aromatic rings. The molecule has 1 aromatic heterocycles. The summed E-state index contributed by atoms with van der Waals surface area (Å²) in [6.07, 6.45) is 2.36.